The van der Waals surface area contributed by atoms with Crippen LogP contribution in [0.4, 0.5) is 6.01 Å². The molecule has 2 saturated heterocycles. The number of carbonyl (C=O) groups excluding carboxylic acids is 1. The lowest BCUT2D eigenvalue weighted by atomic mass is 9.90. The Bertz CT molecular complexity index is 770. The van der Waals surface area contributed by atoms with Crippen LogP contribution in [0.25, 0.3) is 0 Å². The second kappa shape index (κ2) is 8.73. The van der Waals surface area contributed by atoms with Crippen LogP contribution < -0.4 is 5.73 Å². The van der Waals surface area contributed by atoms with Gasteiger partial charge in [0.25, 0.3) is 0 Å². The lowest BCUT2D eigenvalue weighted by Gasteiger charge is -2.35. The van der Waals surface area contributed by atoms with Gasteiger partial charge in [-0.2, -0.15) is 0 Å². The van der Waals surface area contributed by atoms with Gasteiger partial charge in [-0.15, -0.1) is 5.10 Å². The van der Waals surface area contributed by atoms with Crippen LogP contribution >= 0.6 is 0 Å². The zero-order chi connectivity index (χ0) is 19.3. The topological polar surface area (TPSA) is 88.5 Å². The summed E-state index contributed by atoms with van der Waals surface area (Å²) in [5, 5.41) is 7.78. The molecule has 0 radical (unpaired) electrons. The molecule has 2 aliphatic rings. The van der Waals surface area contributed by atoms with Crippen LogP contribution in [0.5, 0.6) is 0 Å². The van der Waals surface area contributed by atoms with Gasteiger partial charge >= 0.3 is 6.01 Å². The van der Waals surface area contributed by atoms with E-state index in [0.717, 1.165) is 58.3 Å². The van der Waals surface area contributed by atoms with Gasteiger partial charge in [-0.3, -0.25) is 9.69 Å². The fourth-order valence-electron chi connectivity index (χ4n) is 4.44. The summed E-state index contributed by atoms with van der Waals surface area (Å²) in [6, 6.07) is 10.8. The highest BCUT2D eigenvalue weighted by Gasteiger charge is 2.29. The number of carbonyl (C=O) groups is 1. The summed E-state index contributed by atoms with van der Waals surface area (Å²) >= 11 is 0. The second-order valence-corrected chi connectivity index (χ2v) is 8.07. The van der Waals surface area contributed by atoms with Gasteiger partial charge < -0.3 is 15.1 Å². The Labute approximate surface area is 165 Å². The van der Waals surface area contributed by atoms with Gasteiger partial charge in [0.1, 0.15) is 0 Å². The van der Waals surface area contributed by atoms with Gasteiger partial charge in [0.05, 0.1) is 12.5 Å². The number of hydrogen-bond donors (Lipinski definition) is 1. The molecule has 0 aliphatic carbocycles. The monoisotopic (exact) mass is 383 g/mol. The molecule has 2 aliphatic heterocycles. The molecular formula is C21H29N5O2. The first-order chi connectivity index (χ1) is 13.7. The molecule has 4 rings (SSSR count). The number of nitrogens with two attached hydrogens (primary N) is 1. The zero-order valence-corrected chi connectivity index (χ0v) is 16.3. The lowest BCUT2D eigenvalue weighted by molar-refractivity contribution is -0.134. The summed E-state index contributed by atoms with van der Waals surface area (Å²) in [4.78, 5) is 17.0. The van der Waals surface area contributed by atoms with Gasteiger partial charge in [-0.25, -0.2) is 0 Å². The summed E-state index contributed by atoms with van der Waals surface area (Å²) in [5.74, 6) is 1.68. The normalized spacial score (nSPS) is 21.7. The molecule has 1 amide bonds. The maximum absolute atomic E-state index is 12.8. The van der Waals surface area contributed by atoms with Crippen molar-refractivity contribution in [2.45, 2.75) is 38.0 Å². The van der Waals surface area contributed by atoms with Crippen molar-refractivity contribution in [2.75, 3.05) is 38.5 Å². The van der Waals surface area contributed by atoms with Crippen molar-refractivity contribution in [3.05, 3.63) is 41.8 Å². The Kier molecular flexibility index (Phi) is 5.90. The number of likely N-dealkylation sites (tertiary alicyclic amines) is 2. The maximum atomic E-state index is 12.8. The number of hydrogen-bond acceptors (Lipinski definition) is 6. The Balaban J connectivity index is 1.24. The lowest BCUT2D eigenvalue weighted by Crippen LogP contribution is -2.46. The fraction of sp³-hybridized carbons (Fsp3) is 0.571. The van der Waals surface area contributed by atoms with Gasteiger partial charge in [-0.05, 0) is 50.1 Å². The molecule has 0 bridgehead atoms. The van der Waals surface area contributed by atoms with Gasteiger partial charge in [0, 0.05) is 19.6 Å². The van der Waals surface area contributed by atoms with E-state index in [1.807, 2.05) is 4.90 Å². The van der Waals surface area contributed by atoms with Crippen molar-refractivity contribution in [3.63, 3.8) is 0 Å². The number of piperidine rings is 2. The minimum atomic E-state index is 0.113. The highest BCUT2D eigenvalue weighted by Crippen LogP contribution is 2.27. The van der Waals surface area contributed by atoms with E-state index in [9.17, 15) is 4.79 Å². The van der Waals surface area contributed by atoms with Crippen LogP contribution in [0.2, 0.25) is 0 Å². The first-order valence-corrected chi connectivity index (χ1v) is 10.3. The molecule has 7 nitrogen and oxygen atoms in total. The first-order valence-electron chi connectivity index (χ1n) is 10.3. The number of nitrogen functional groups attached to an aromatic ring is 1. The highest BCUT2D eigenvalue weighted by atomic mass is 16.4. The van der Waals surface area contributed by atoms with Gasteiger partial charge in [-0.1, -0.05) is 35.4 Å². The number of nitrogens with zero attached hydrogens (tertiary/aromatic N) is 4. The Morgan fingerprint density at radius 1 is 1.11 bits per heavy atom. The molecule has 2 aromatic rings. The number of anilines is 1. The molecule has 0 spiro atoms. The van der Waals surface area contributed by atoms with Gasteiger partial charge in [0.15, 0.2) is 0 Å². The molecule has 2 fully saturated rings. The zero-order valence-electron chi connectivity index (χ0n) is 16.3. The molecular weight excluding hydrogens is 354 g/mol. The third kappa shape index (κ3) is 4.70. The maximum Gasteiger partial charge on any atom is 0.312 e. The molecule has 3 heterocycles. The minimum Gasteiger partial charge on any atom is -0.408 e. The quantitative estimate of drug-likeness (QED) is 0.852. The fourth-order valence-corrected chi connectivity index (χ4v) is 4.44. The van der Waals surface area contributed by atoms with Crippen LogP contribution in [0, 0.1) is 5.92 Å². The first kappa shape index (κ1) is 18.9. The molecule has 1 aromatic heterocycles. The summed E-state index contributed by atoms with van der Waals surface area (Å²) < 4.78 is 5.39. The van der Waals surface area contributed by atoms with E-state index in [1.165, 1.54) is 5.56 Å². The van der Waals surface area contributed by atoms with Crippen LogP contribution in [0.15, 0.2) is 34.7 Å². The summed E-state index contributed by atoms with van der Waals surface area (Å²) in [6.07, 6.45) is 5.32. The molecule has 0 unspecified atom stereocenters. The van der Waals surface area contributed by atoms with Crippen LogP contribution in [0.1, 0.15) is 43.1 Å². The summed E-state index contributed by atoms with van der Waals surface area (Å²) in [7, 11) is 0. The predicted octanol–water partition coefficient (Wildman–Crippen LogP) is 2.31. The molecule has 7 heteroatoms. The number of amides is 1. The van der Waals surface area contributed by atoms with E-state index in [4.69, 9.17) is 10.2 Å². The molecule has 1 atom stereocenters. The van der Waals surface area contributed by atoms with Crippen LogP contribution in [0.3, 0.4) is 0 Å². The third-order valence-electron chi connectivity index (χ3n) is 6.00. The Morgan fingerprint density at radius 2 is 1.89 bits per heavy atom. The minimum absolute atomic E-state index is 0.113. The van der Waals surface area contributed by atoms with E-state index < -0.39 is 0 Å². The van der Waals surface area contributed by atoms with Crippen molar-refractivity contribution in [3.8, 4) is 0 Å². The van der Waals surface area contributed by atoms with E-state index >= 15 is 0 Å². The number of aromatic nitrogens is 2. The average molecular weight is 383 g/mol. The van der Waals surface area contributed by atoms with Crippen molar-refractivity contribution in [2.24, 2.45) is 5.92 Å². The largest absolute Gasteiger partial charge is 0.408 e. The van der Waals surface area contributed by atoms with Crippen molar-refractivity contribution < 1.29 is 9.21 Å². The highest BCUT2D eigenvalue weighted by molar-refractivity contribution is 5.78. The molecule has 150 valence electrons. The van der Waals surface area contributed by atoms with Gasteiger partial charge in [0.2, 0.25) is 11.8 Å². The average Bonchev–Trinajstić information content (AvgIpc) is 3.16. The van der Waals surface area contributed by atoms with E-state index in [1.54, 1.807) is 0 Å². The van der Waals surface area contributed by atoms with E-state index in [2.05, 4.69) is 45.4 Å². The van der Waals surface area contributed by atoms with Crippen molar-refractivity contribution >= 4 is 11.9 Å². The SMILES string of the molecule is Nc1nnc([C@H]2CCCN(CC(=O)N3CCC(Cc4ccccc4)CC3)C2)o1. The standard InChI is InChI=1S/C21H29N5O2/c22-21-24-23-20(28-21)18-7-4-10-25(14-18)15-19(27)26-11-8-17(9-12-26)13-16-5-2-1-3-6-16/h1-3,5-6,17-18H,4,7-15H2,(H2,22,24)/t18-/m0/s1. The van der Waals surface area contributed by atoms with E-state index in [-0.39, 0.29) is 17.8 Å². The van der Waals surface area contributed by atoms with Crippen molar-refractivity contribution in [1.29, 1.82) is 0 Å². The molecule has 0 saturated carbocycles. The number of rotatable bonds is 5. The summed E-state index contributed by atoms with van der Waals surface area (Å²) in [5.41, 5.74) is 6.94. The smallest absolute Gasteiger partial charge is 0.312 e. The third-order valence-corrected chi connectivity index (χ3v) is 6.00. The summed E-state index contributed by atoms with van der Waals surface area (Å²) in [6.45, 7) is 3.93. The predicted molar refractivity (Wildman–Crippen MR) is 107 cm³/mol. The Morgan fingerprint density at radius 3 is 2.61 bits per heavy atom. The van der Waals surface area contributed by atoms with Crippen molar-refractivity contribution in [1.82, 2.24) is 20.0 Å². The van der Waals surface area contributed by atoms with Crippen LogP contribution in [-0.4, -0.2) is 58.6 Å². The molecule has 2 N–H and O–H groups in total. The Hall–Kier alpha value is -2.41. The second-order valence-electron chi connectivity index (χ2n) is 8.07. The van der Waals surface area contributed by atoms with E-state index in [0.29, 0.717) is 18.4 Å². The molecule has 28 heavy (non-hydrogen) atoms. The molecule has 1 aromatic carbocycles. The van der Waals surface area contributed by atoms with Crippen LogP contribution in [-0.2, 0) is 11.2 Å². The number of benzene rings is 1.